The van der Waals surface area contributed by atoms with E-state index in [0.29, 0.717) is 11.3 Å². The van der Waals surface area contributed by atoms with E-state index >= 15 is 0 Å². The summed E-state index contributed by atoms with van der Waals surface area (Å²) in [7, 11) is 0. The maximum Gasteiger partial charge on any atom is 0.253 e. The van der Waals surface area contributed by atoms with Gasteiger partial charge in [0.15, 0.2) is 0 Å². The molecule has 2 N–H and O–H groups in total. The molecule has 0 radical (unpaired) electrons. The molecule has 0 fully saturated rings. The van der Waals surface area contributed by atoms with Crippen LogP contribution in [0.1, 0.15) is 30.6 Å². The number of nitrogens with one attached hydrogen (secondary N) is 2. The molecule has 0 bridgehead atoms. The molecule has 0 aromatic heterocycles. The Bertz CT molecular complexity index is 433. The van der Waals surface area contributed by atoms with Gasteiger partial charge in [0.2, 0.25) is 5.91 Å². The lowest BCUT2D eigenvalue weighted by Gasteiger charge is -2.12. The number of hydrogen-bond acceptors (Lipinski definition) is 2. The molecule has 1 aromatic rings. The highest BCUT2D eigenvalue weighted by molar-refractivity contribution is 6.19. The van der Waals surface area contributed by atoms with Crippen molar-refractivity contribution in [3.05, 3.63) is 29.8 Å². The zero-order valence-electron chi connectivity index (χ0n) is 10.5. The fraction of sp³-hybridized carbons (Fsp3) is 0.385. The number of rotatable bonds is 5. The molecule has 0 aliphatic rings. The molecule has 0 saturated heterocycles. The first-order chi connectivity index (χ1) is 8.54. The SMILES string of the molecule is CC(C)NC(=O)c1ccccc1NC(=O)CCCl. The van der Waals surface area contributed by atoms with Gasteiger partial charge in [-0.25, -0.2) is 0 Å². The van der Waals surface area contributed by atoms with E-state index in [1.807, 2.05) is 13.8 Å². The average Bonchev–Trinajstić information content (AvgIpc) is 2.28. The average molecular weight is 269 g/mol. The fourth-order valence-electron chi connectivity index (χ4n) is 1.43. The van der Waals surface area contributed by atoms with Crippen LogP contribution in [0, 0.1) is 0 Å². The van der Waals surface area contributed by atoms with Crippen LogP contribution >= 0.6 is 11.6 Å². The summed E-state index contributed by atoms with van der Waals surface area (Å²) in [4.78, 5) is 23.4. The maximum atomic E-state index is 11.9. The van der Waals surface area contributed by atoms with Crippen LogP contribution in [0.3, 0.4) is 0 Å². The number of carbonyl (C=O) groups is 2. The molecule has 0 unspecified atom stereocenters. The normalized spacial score (nSPS) is 10.2. The van der Waals surface area contributed by atoms with Crippen LogP contribution in [0.5, 0.6) is 0 Å². The molecule has 0 aliphatic heterocycles. The Hall–Kier alpha value is -1.55. The second-order valence-corrected chi connectivity index (χ2v) is 4.54. The minimum absolute atomic E-state index is 0.0455. The number of carbonyl (C=O) groups excluding carboxylic acids is 2. The first kappa shape index (κ1) is 14.5. The predicted molar refractivity (Wildman–Crippen MR) is 73.0 cm³/mol. The standard InChI is InChI=1S/C13H17ClN2O2/c1-9(2)15-13(18)10-5-3-4-6-11(10)16-12(17)7-8-14/h3-6,9H,7-8H2,1-2H3,(H,15,18)(H,16,17). The van der Waals surface area contributed by atoms with Crippen LogP contribution in [0.15, 0.2) is 24.3 Å². The number of benzene rings is 1. The predicted octanol–water partition coefficient (Wildman–Crippen LogP) is 2.39. The van der Waals surface area contributed by atoms with Crippen molar-refractivity contribution in [3.8, 4) is 0 Å². The molecular weight excluding hydrogens is 252 g/mol. The summed E-state index contributed by atoms with van der Waals surface area (Å²) < 4.78 is 0. The zero-order chi connectivity index (χ0) is 13.5. The third kappa shape index (κ3) is 4.37. The first-order valence-corrected chi connectivity index (χ1v) is 6.33. The molecule has 0 aliphatic carbocycles. The van der Waals surface area contributed by atoms with Crippen LogP contribution in [-0.4, -0.2) is 23.7 Å². The Balaban J connectivity index is 2.85. The Morgan fingerprint density at radius 1 is 1.28 bits per heavy atom. The lowest BCUT2D eigenvalue weighted by Crippen LogP contribution is -2.31. The van der Waals surface area contributed by atoms with Crippen molar-refractivity contribution >= 4 is 29.1 Å². The van der Waals surface area contributed by atoms with Crippen LogP contribution in [0.2, 0.25) is 0 Å². The highest BCUT2D eigenvalue weighted by atomic mass is 35.5. The Kier molecular flexibility index (Phi) is 5.65. The van der Waals surface area contributed by atoms with Crippen LogP contribution < -0.4 is 10.6 Å². The largest absolute Gasteiger partial charge is 0.350 e. The van der Waals surface area contributed by atoms with Crippen LogP contribution in [0.25, 0.3) is 0 Å². The molecule has 2 amide bonds. The lowest BCUT2D eigenvalue weighted by atomic mass is 10.1. The van der Waals surface area contributed by atoms with Crippen molar-refractivity contribution in [1.82, 2.24) is 5.32 Å². The molecular formula is C13H17ClN2O2. The van der Waals surface area contributed by atoms with E-state index in [4.69, 9.17) is 11.6 Å². The van der Waals surface area contributed by atoms with Gasteiger partial charge in [-0.05, 0) is 26.0 Å². The Labute approximate surface area is 112 Å². The van der Waals surface area contributed by atoms with Gasteiger partial charge in [-0.3, -0.25) is 9.59 Å². The van der Waals surface area contributed by atoms with Gasteiger partial charge in [0, 0.05) is 18.3 Å². The number of alkyl halides is 1. The quantitative estimate of drug-likeness (QED) is 0.806. The van der Waals surface area contributed by atoms with Crippen molar-refractivity contribution in [1.29, 1.82) is 0 Å². The van der Waals surface area contributed by atoms with E-state index < -0.39 is 0 Å². The second kappa shape index (κ2) is 7.01. The molecule has 1 rings (SSSR count). The number of hydrogen-bond donors (Lipinski definition) is 2. The van der Waals surface area contributed by atoms with Gasteiger partial charge < -0.3 is 10.6 Å². The molecule has 0 heterocycles. The molecule has 0 spiro atoms. The summed E-state index contributed by atoms with van der Waals surface area (Å²) >= 11 is 5.49. The lowest BCUT2D eigenvalue weighted by molar-refractivity contribution is -0.115. The van der Waals surface area contributed by atoms with E-state index in [1.54, 1.807) is 24.3 Å². The van der Waals surface area contributed by atoms with Crippen molar-refractivity contribution in [2.75, 3.05) is 11.2 Å². The van der Waals surface area contributed by atoms with Gasteiger partial charge in [0.1, 0.15) is 0 Å². The minimum Gasteiger partial charge on any atom is -0.350 e. The molecule has 4 nitrogen and oxygen atoms in total. The fourth-order valence-corrected chi connectivity index (χ4v) is 1.60. The van der Waals surface area contributed by atoms with Crippen molar-refractivity contribution in [2.24, 2.45) is 0 Å². The zero-order valence-corrected chi connectivity index (χ0v) is 11.3. The molecule has 1 aromatic carbocycles. The van der Waals surface area contributed by atoms with Crippen LogP contribution in [-0.2, 0) is 4.79 Å². The van der Waals surface area contributed by atoms with E-state index in [9.17, 15) is 9.59 Å². The second-order valence-electron chi connectivity index (χ2n) is 4.16. The van der Waals surface area contributed by atoms with E-state index in [-0.39, 0.29) is 30.2 Å². The van der Waals surface area contributed by atoms with Gasteiger partial charge in [-0.15, -0.1) is 11.6 Å². The molecule has 18 heavy (non-hydrogen) atoms. The summed E-state index contributed by atoms with van der Waals surface area (Å²) in [6, 6.07) is 6.94. The van der Waals surface area contributed by atoms with Gasteiger partial charge >= 0.3 is 0 Å². The number of amides is 2. The van der Waals surface area contributed by atoms with Crippen LogP contribution in [0.4, 0.5) is 5.69 Å². The van der Waals surface area contributed by atoms with Gasteiger partial charge in [0.05, 0.1) is 11.3 Å². The van der Waals surface area contributed by atoms with Gasteiger partial charge in [-0.2, -0.15) is 0 Å². The van der Waals surface area contributed by atoms with E-state index in [0.717, 1.165) is 0 Å². The highest BCUT2D eigenvalue weighted by Crippen LogP contribution is 2.15. The van der Waals surface area contributed by atoms with Gasteiger partial charge in [0.25, 0.3) is 5.91 Å². The summed E-state index contributed by atoms with van der Waals surface area (Å²) in [6.07, 6.45) is 0.224. The molecule has 98 valence electrons. The highest BCUT2D eigenvalue weighted by Gasteiger charge is 2.13. The maximum absolute atomic E-state index is 11.9. The summed E-state index contributed by atoms with van der Waals surface area (Å²) in [5, 5.41) is 5.47. The van der Waals surface area contributed by atoms with Crippen molar-refractivity contribution in [2.45, 2.75) is 26.3 Å². The topological polar surface area (TPSA) is 58.2 Å². The van der Waals surface area contributed by atoms with E-state index in [2.05, 4.69) is 10.6 Å². The third-order valence-corrected chi connectivity index (χ3v) is 2.38. The smallest absolute Gasteiger partial charge is 0.253 e. The van der Waals surface area contributed by atoms with Crippen molar-refractivity contribution in [3.63, 3.8) is 0 Å². The summed E-state index contributed by atoms with van der Waals surface area (Å²) in [5.41, 5.74) is 0.958. The number of anilines is 1. The molecule has 0 saturated carbocycles. The monoisotopic (exact) mass is 268 g/mol. The molecule has 0 atom stereocenters. The number of halogens is 1. The van der Waals surface area contributed by atoms with Gasteiger partial charge in [-0.1, -0.05) is 12.1 Å². The first-order valence-electron chi connectivity index (χ1n) is 5.80. The molecule has 5 heteroatoms. The summed E-state index contributed by atoms with van der Waals surface area (Å²) in [6.45, 7) is 3.76. The van der Waals surface area contributed by atoms with E-state index in [1.165, 1.54) is 0 Å². The minimum atomic E-state index is -0.202. The number of para-hydroxylation sites is 1. The Morgan fingerprint density at radius 2 is 1.94 bits per heavy atom. The third-order valence-electron chi connectivity index (χ3n) is 2.19. The van der Waals surface area contributed by atoms with Crippen molar-refractivity contribution < 1.29 is 9.59 Å². The summed E-state index contributed by atoms with van der Waals surface area (Å²) in [5.74, 6) is -0.145. The Morgan fingerprint density at radius 3 is 2.56 bits per heavy atom.